The number of carboxylic acids is 1. The van der Waals surface area contributed by atoms with Crippen molar-refractivity contribution in [1.82, 2.24) is 10.6 Å². The topological polar surface area (TPSA) is 169 Å². The number of urea groups is 1. The molecule has 1 aromatic carbocycles. The van der Waals surface area contributed by atoms with E-state index >= 15 is 0 Å². The van der Waals surface area contributed by atoms with Crippen LogP contribution in [0.1, 0.15) is 18.4 Å². The molecular weight excluding hydrogens is 354 g/mol. The molecule has 0 saturated heterocycles. The molecule has 0 unspecified atom stereocenters. The molecule has 0 spiro atoms. The van der Waals surface area contributed by atoms with Gasteiger partial charge in [-0.05, 0) is 18.4 Å². The minimum Gasteiger partial charge on any atom is -0.480 e. The Morgan fingerprint density at radius 2 is 1.78 bits per heavy atom. The summed E-state index contributed by atoms with van der Waals surface area (Å²) in [7, 11) is 1.19. The maximum absolute atomic E-state index is 12.2. The molecule has 0 saturated carbocycles. The molecule has 0 heterocycles. The first kappa shape index (κ1) is 21.7. The van der Waals surface area contributed by atoms with E-state index in [1.165, 1.54) is 7.11 Å². The van der Waals surface area contributed by atoms with E-state index in [4.69, 9.17) is 11.5 Å². The summed E-state index contributed by atoms with van der Waals surface area (Å²) in [5, 5.41) is 14.1. The third-order valence-corrected chi connectivity index (χ3v) is 3.62. The lowest BCUT2D eigenvalue weighted by Gasteiger charge is -2.19. The van der Waals surface area contributed by atoms with Crippen molar-refractivity contribution in [3.63, 3.8) is 0 Å². The summed E-state index contributed by atoms with van der Waals surface area (Å²) < 4.78 is 4.66. The lowest BCUT2D eigenvalue weighted by Crippen LogP contribution is -2.52. The van der Waals surface area contributed by atoms with Crippen LogP contribution in [0.2, 0.25) is 0 Å². The number of carboxylic acid groups (broad SMARTS) is 1. The third-order valence-electron chi connectivity index (χ3n) is 3.62. The van der Waals surface area contributed by atoms with Gasteiger partial charge in [0.1, 0.15) is 12.1 Å². The zero-order valence-corrected chi connectivity index (χ0v) is 15.1. The maximum atomic E-state index is 12.2. The number of rotatable bonds is 10. The van der Waals surface area contributed by atoms with Gasteiger partial charge in [-0.25, -0.2) is 14.4 Å². The number of ether oxygens (including phenoxy) is 1. The van der Waals surface area contributed by atoms with Gasteiger partial charge in [-0.3, -0.25) is 4.99 Å². The molecule has 10 nitrogen and oxygen atoms in total. The number of hydrogen-bond acceptors (Lipinski definition) is 5. The summed E-state index contributed by atoms with van der Waals surface area (Å²) in [6.07, 6.45) is 0.759. The molecule has 0 aromatic heterocycles. The molecule has 1 rings (SSSR count). The molecule has 0 aliphatic heterocycles. The van der Waals surface area contributed by atoms with E-state index in [1.807, 2.05) is 6.07 Å². The summed E-state index contributed by atoms with van der Waals surface area (Å²) in [4.78, 5) is 39.2. The predicted molar refractivity (Wildman–Crippen MR) is 99.0 cm³/mol. The van der Waals surface area contributed by atoms with Crippen molar-refractivity contribution in [3.05, 3.63) is 35.9 Å². The van der Waals surface area contributed by atoms with Crippen LogP contribution in [0.3, 0.4) is 0 Å². The Bertz CT molecular complexity index is 661. The first-order valence-electron chi connectivity index (χ1n) is 8.30. The van der Waals surface area contributed by atoms with Crippen LogP contribution < -0.4 is 22.1 Å². The molecule has 1 aromatic rings. The lowest BCUT2D eigenvalue weighted by atomic mass is 10.1. The molecule has 2 amide bonds. The highest BCUT2D eigenvalue weighted by Gasteiger charge is 2.25. The standard InChI is InChI=1S/C17H25N5O5/c1-27-15(25)12(8-5-9-20-16(18)19)21-17(26)22-13(14(23)24)10-11-6-3-2-4-7-11/h2-4,6-7,12-13H,5,8-10H2,1H3,(H,23,24)(H4,18,19,20)(H2,21,22,26)/t12-,13-/m0/s1. The second-order valence-corrected chi connectivity index (χ2v) is 5.72. The van der Waals surface area contributed by atoms with Crippen molar-refractivity contribution in [2.24, 2.45) is 16.5 Å². The molecule has 0 aliphatic carbocycles. The van der Waals surface area contributed by atoms with Crippen molar-refractivity contribution in [2.45, 2.75) is 31.3 Å². The Balaban J connectivity index is 2.65. The van der Waals surface area contributed by atoms with Crippen molar-refractivity contribution in [1.29, 1.82) is 0 Å². The number of hydrogen-bond donors (Lipinski definition) is 5. The van der Waals surface area contributed by atoms with Gasteiger partial charge in [0.25, 0.3) is 0 Å². The molecule has 10 heteroatoms. The van der Waals surface area contributed by atoms with Gasteiger partial charge in [0.2, 0.25) is 0 Å². The number of methoxy groups -OCH3 is 1. The summed E-state index contributed by atoms with van der Waals surface area (Å²) in [6.45, 7) is 0.283. The van der Waals surface area contributed by atoms with Crippen molar-refractivity contribution >= 4 is 23.9 Å². The van der Waals surface area contributed by atoms with Crippen molar-refractivity contribution < 1.29 is 24.2 Å². The molecule has 0 radical (unpaired) electrons. The monoisotopic (exact) mass is 379 g/mol. The number of nitrogens with one attached hydrogen (secondary N) is 2. The van der Waals surface area contributed by atoms with Crippen LogP contribution in [0.15, 0.2) is 35.3 Å². The Kier molecular flexibility index (Phi) is 9.13. The average molecular weight is 379 g/mol. The smallest absolute Gasteiger partial charge is 0.328 e. The Hall–Kier alpha value is -3.30. The van der Waals surface area contributed by atoms with Gasteiger partial charge in [-0.15, -0.1) is 0 Å². The summed E-state index contributed by atoms with van der Waals surface area (Å²) in [5.41, 5.74) is 11.2. The van der Waals surface area contributed by atoms with Gasteiger partial charge in [0.05, 0.1) is 7.11 Å². The number of nitrogens with two attached hydrogens (primary N) is 2. The number of aliphatic imine (C=N–C) groups is 1. The first-order valence-corrected chi connectivity index (χ1v) is 8.30. The Labute approximate surface area is 157 Å². The van der Waals surface area contributed by atoms with E-state index in [2.05, 4.69) is 20.4 Å². The maximum Gasteiger partial charge on any atom is 0.328 e. The number of nitrogens with zero attached hydrogens (tertiary/aromatic N) is 1. The zero-order chi connectivity index (χ0) is 20.2. The second kappa shape index (κ2) is 11.3. The van der Waals surface area contributed by atoms with Crippen LogP contribution in [0.5, 0.6) is 0 Å². The van der Waals surface area contributed by atoms with E-state index in [9.17, 15) is 19.5 Å². The second-order valence-electron chi connectivity index (χ2n) is 5.72. The molecule has 27 heavy (non-hydrogen) atoms. The lowest BCUT2D eigenvalue weighted by molar-refractivity contribution is -0.143. The molecule has 2 atom stereocenters. The van der Waals surface area contributed by atoms with Crippen LogP contribution in [0.25, 0.3) is 0 Å². The van der Waals surface area contributed by atoms with Gasteiger partial charge in [-0.2, -0.15) is 0 Å². The zero-order valence-electron chi connectivity index (χ0n) is 15.1. The molecule has 0 fully saturated rings. The predicted octanol–water partition coefficient (Wildman–Crippen LogP) is -0.423. The van der Waals surface area contributed by atoms with E-state index in [1.54, 1.807) is 24.3 Å². The quantitative estimate of drug-likeness (QED) is 0.159. The minimum absolute atomic E-state index is 0.0690. The van der Waals surface area contributed by atoms with E-state index in [0.29, 0.717) is 6.42 Å². The summed E-state index contributed by atoms with van der Waals surface area (Å²) in [5.74, 6) is -1.90. The van der Waals surface area contributed by atoms with Crippen LogP contribution in [-0.2, 0) is 20.7 Å². The Morgan fingerprint density at radius 3 is 2.33 bits per heavy atom. The average Bonchev–Trinajstić information content (AvgIpc) is 2.63. The molecule has 7 N–H and O–H groups in total. The van der Waals surface area contributed by atoms with Gasteiger partial charge in [0.15, 0.2) is 5.96 Å². The van der Waals surface area contributed by atoms with Crippen molar-refractivity contribution in [2.75, 3.05) is 13.7 Å². The fourth-order valence-electron chi connectivity index (χ4n) is 2.30. The highest BCUT2D eigenvalue weighted by molar-refractivity contribution is 5.86. The fraction of sp³-hybridized carbons (Fsp3) is 0.412. The highest BCUT2D eigenvalue weighted by Crippen LogP contribution is 2.04. The van der Waals surface area contributed by atoms with Crippen LogP contribution in [0, 0.1) is 0 Å². The van der Waals surface area contributed by atoms with Crippen LogP contribution >= 0.6 is 0 Å². The third kappa shape index (κ3) is 8.56. The molecule has 0 bridgehead atoms. The number of amides is 2. The number of carbonyl (C=O) groups is 3. The Morgan fingerprint density at radius 1 is 1.15 bits per heavy atom. The molecular formula is C17H25N5O5. The van der Waals surface area contributed by atoms with E-state index in [-0.39, 0.29) is 25.3 Å². The van der Waals surface area contributed by atoms with Crippen LogP contribution in [-0.4, -0.2) is 54.8 Å². The van der Waals surface area contributed by atoms with Gasteiger partial charge in [0, 0.05) is 13.0 Å². The van der Waals surface area contributed by atoms with Gasteiger partial charge in [-0.1, -0.05) is 30.3 Å². The largest absolute Gasteiger partial charge is 0.480 e. The van der Waals surface area contributed by atoms with E-state index < -0.39 is 30.1 Å². The minimum atomic E-state index is -1.18. The van der Waals surface area contributed by atoms with Gasteiger partial charge >= 0.3 is 18.0 Å². The molecule has 0 aliphatic rings. The number of aliphatic carboxylic acids is 1. The van der Waals surface area contributed by atoms with E-state index in [0.717, 1.165) is 5.56 Å². The normalized spacial score (nSPS) is 12.3. The molecule has 148 valence electrons. The first-order chi connectivity index (χ1) is 12.8. The van der Waals surface area contributed by atoms with Crippen molar-refractivity contribution in [3.8, 4) is 0 Å². The number of carbonyl (C=O) groups excluding carboxylic acids is 2. The van der Waals surface area contributed by atoms with Crippen LogP contribution in [0.4, 0.5) is 4.79 Å². The SMILES string of the molecule is COC(=O)[C@H](CCCN=C(N)N)NC(=O)N[C@@H](Cc1ccccc1)C(=O)O. The number of benzene rings is 1. The summed E-state index contributed by atoms with van der Waals surface area (Å²) >= 11 is 0. The van der Waals surface area contributed by atoms with Gasteiger partial charge < -0.3 is 31.9 Å². The summed E-state index contributed by atoms with van der Waals surface area (Å²) in [6, 6.07) is 6.00. The fourth-order valence-corrected chi connectivity index (χ4v) is 2.30. The number of guanidine groups is 1. The highest BCUT2D eigenvalue weighted by atomic mass is 16.5. The number of esters is 1.